The van der Waals surface area contributed by atoms with Crippen molar-refractivity contribution in [3.05, 3.63) is 29.8 Å². The van der Waals surface area contributed by atoms with Crippen molar-refractivity contribution in [2.24, 2.45) is 0 Å². The van der Waals surface area contributed by atoms with Gasteiger partial charge in [-0.25, -0.2) is 4.79 Å². The lowest BCUT2D eigenvalue weighted by Gasteiger charge is -2.14. The van der Waals surface area contributed by atoms with Gasteiger partial charge in [-0.05, 0) is 25.2 Å². The molecule has 0 saturated heterocycles. The second-order valence-electron chi connectivity index (χ2n) is 3.81. The number of carboxylic acids is 2. The third-order valence-corrected chi connectivity index (χ3v) is 2.42. The Morgan fingerprint density at radius 3 is 2.47 bits per heavy atom. The number of aliphatic carboxylic acids is 1. The van der Waals surface area contributed by atoms with Gasteiger partial charge in [-0.2, -0.15) is 0 Å². The maximum Gasteiger partial charge on any atom is 0.335 e. The molecule has 1 aromatic carbocycles. The molecule has 0 aliphatic rings. The van der Waals surface area contributed by atoms with E-state index in [0.29, 0.717) is 5.69 Å². The highest BCUT2D eigenvalue weighted by Gasteiger charge is 2.19. The average molecular weight is 266 g/mol. The summed E-state index contributed by atoms with van der Waals surface area (Å²) in [7, 11) is 1.47. The summed E-state index contributed by atoms with van der Waals surface area (Å²) in [5, 5.41) is 22.5. The molecule has 1 aromatic rings. The maximum atomic E-state index is 11.8. The monoisotopic (exact) mass is 266 g/mol. The number of carboxylic acid groups (broad SMARTS) is 2. The molecule has 4 N–H and O–H groups in total. The van der Waals surface area contributed by atoms with Crippen LogP contribution >= 0.6 is 0 Å². The first-order valence-corrected chi connectivity index (χ1v) is 5.47. The predicted molar refractivity (Wildman–Crippen MR) is 67.1 cm³/mol. The fourth-order valence-electron chi connectivity index (χ4n) is 1.46. The summed E-state index contributed by atoms with van der Waals surface area (Å²) in [5.74, 6) is -2.74. The van der Waals surface area contributed by atoms with Gasteiger partial charge in [0.2, 0.25) is 5.91 Å². The third kappa shape index (κ3) is 4.40. The van der Waals surface area contributed by atoms with Crippen LogP contribution in [-0.2, 0) is 9.59 Å². The molecule has 0 heterocycles. The van der Waals surface area contributed by atoms with E-state index in [4.69, 9.17) is 10.2 Å². The van der Waals surface area contributed by atoms with Gasteiger partial charge in [0.05, 0.1) is 18.0 Å². The molecule has 0 bridgehead atoms. The van der Waals surface area contributed by atoms with Gasteiger partial charge >= 0.3 is 11.9 Å². The van der Waals surface area contributed by atoms with Crippen molar-refractivity contribution in [2.75, 3.05) is 12.4 Å². The number of nitrogens with one attached hydrogen (secondary N) is 2. The van der Waals surface area contributed by atoms with Gasteiger partial charge in [-0.3, -0.25) is 9.59 Å². The molecule has 0 aliphatic heterocycles. The predicted octanol–water partition coefficient (Wildman–Crippen LogP) is 0.386. The lowest BCUT2D eigenvalue weighted by Crippen LogP contribution is -2.40. The lowest BCUT2D eigenvalue weighted by molar-refractivity contribution is -0.139. The number of anilines is 1. The topological polar surface area (TPSA) is 116 Å². The number of amides is 1. The summed E-state index contributed by atoms with van der Waals surface area (Å²) in [6, 6.07) is 4.83. The smallest absolute Gasteiger partial charge is 0.335 e. The molecule has 7 nitrogen and oxygen atoms in total. The lowest BCUT2D eigenvalue weighted by atomic mass is 10.1. The zero-order chi connectivity index (χ0) is 14.4. The molecular weight excluding hydrogens is 252 g/mol. The van der Waals surface area contributed by atoms with Gasteiger partial charge < -0.3 is 20.8 Å². The van der Waals surface area contributed by atoms with Gasteiger partial charge in [0.15, 0.2) is 0 Å². The SMILES string of the molecule is CN[C@@H](CC(=O)O)C(=O)Nc1cccc(C(=O)O)c1. The Kier molecular flexibility index (Phi) is 5.01. The number of likely N-dealkylation sites (N-methyl/N-ethyl adjacent to an activating group) is 1. The molecular formula is C12H14N2O5. The quantitative estimate of drug-likeness (QED) is 0.592. The second-order valence-corrected chi connectivity index (χ2v) is 3.81. The Morgan fingerprint density at radius 1 is 1.26 bits per heavy atom. The molecule has 0 aliphatic carbocycles. The minimum absolute atomic E-state index is 0.0389. The fraction of sp³-hybridized carbons (Fsp3) is 0.250. The van der Waals surface area contributed by atoms with Crippen molar-refractivity contribution in [1.29, 1.82) is 0 Å². The van der Waals surface area contributed by atoms with E-state index in [1.54, 1.807) is 0 Å². The van der Waals surface area contributed by atoms with Crippen LogP contribution in [0.3, 0.4) is 0 Å². The summed E-state index contributed by atoms with van der Waals surface area (Å²) >= 11 is 0. The van der Waals surface area contributed by atoms with E-state index in [0.717, 1.165) is 0 Å². The summed E-state index contributed by atoms with van der Waals surface area (Å²) in [5.41, 5.74) is 0.340. The molecule has 102 valence electrons. The van der Waals surface area contributed by atoms with Crippen molar-refractivity contribution in [3.8, 4) is 0 Å². The molecule has 0 spiro atoms. The van der Waals surface area contributed by atoms with Gasteiger partial charge in [-0.1, -0.05) is 6.07 Å². The molecule has 0 fully saturated rings. The zero-order valence-corrected chi connectivity index (χ0v) is 10.2. The number of rotatable bonds is 6. The molecule has 0 aromatic heterocycles. The first-order valence-electron chi connectivity index (χ1n) is 5.47. The number of carbonyl (C=O) groups excluding carboxylic acids is 1. The van der Waals surface area contributed by atoms with Crippen LogP contribution in [0.15, 0.2) is 24.3 Å². The summed E-state index contributed by atoms with van der Waals surface area (Å²) in [6.07, 6.45) is -0.360. The van der Waals surface area contributed by atoms with Crippen LogP contribution in [0.1, 0.15) is 16.8 Å². The van der Waals surface area contributed by atoms with E-state index in [9.17, 15) is 14.4 Å². The van der Waals surface area contributed by atoms with Crippen molar-refractivity contribution in [2.45, 2.75) is 12.5 Å². The van der Waals surface area contributed by atoms with Crippen LogP contribution in [0, 0.1) is 0 Å². The van der Waals surface area contributed by atoms with Crippen LogP contribution in [0.2, 0.25) is 0 Å². The molecule has 0 saturated carbocycles. The normalized spacial score (nSPS) is 11.6. The Bertz CT molecular complexity index is 501. The summed E-state index contributed by atoms with van der Waals surface area (Å²) in [6.45, 7) is 0. The highest BCUT2D eigenvalue weighted by Crippen LogP contribution is 2.11. The molecule has 0 radical (unpaired) electrons. The number of benzene rings is 1. The van der Waals surface area contributed by atoms with E-state index in [1.165, 1.54) is 31.3 Å². The summed E-state index contributed by atoms with van der Waals surface area (Å²) < 4.78 is 0. The van der Waals surface area contributed by atoms with Gasteiger partial charge in [0.1, 0.15) is 0 Å². The van der Waals surface area contributed by atoms with Crippen molar-refractivity contribution in [1.82, 2.24) is 5.32 Å². The molecule has 1 atom stereocenters. The van der Waals surface area contributed by atoms with E-state index in [-0.39, 0.29) is 12.0 Å². The average Bonchev–Trinajstić information content (AvgIpc) is 2.35. The maximum absolute atomic E-state index is 11.8. The van der Waals surface area contributed by atoms with Gasteiger partial charge in [-0.15, -0.1) is 0 Å². The van der Waals surface area contributed by atoms with Gasteiger partial charge in [0, 0.05) is 5.69 Å². The highest BCUT2D eigenvalue weighted by molar-refractivity contribution is 5.98. The highest BCUT2D eigenvalue weighted by atomic mass is 16.4. The van der Waals surface area contributed by atoms with Gasteiger partial charge in [0.25, 0.3) is 0 Å². The van der Waals surface area contributed by atoms with E-state index >= 15 is 0 Å². The fourth-order valence-corrected chi connectivity index (χ4v) is 1.46. The Labute approximate surface area is 109 Å². The summed E-state index contributed by atoms with van der Waals surface area (Å²) in [4.78, 5) is 33.1. The van der Waals surface area contributed by atoms with Crippen molar-refractivity contribution >= 4 is 23.5 Å². The Balaban J connectivity index is 2.78. The zero-order valence-electron chi connectivity index (χ0n) is 10.2. The largest absolute Gasteiger partial charge is 0.481 e. The third-order valence-electron chi connectivity index (χ3n) is 2.42. The Morgan fingerprint density at radius 2 is 1.95 bits per heavy atom. The van der Waals surface area contributed by atoms with E-state index in [2.05, 4.69) is 10.6 Å². The van der Waals surface area contributed by atoms with Crippen LogP contribution < -0.4 is 10.6 Å². The second kappa shape index (κ2) is 6.50. The van der Waals surface area contributed by atoms with E-state index < -0.39 is 23.9 Å². The number of aromatic carboxylic acids is 1. The molecule has 1 rings (SSSR count). The first kappa shape index (κ1) is 14.7. The Hall–Kier alpha value is -2.41. The molecule has 1 amide bonds. The van der Waals surface area contributed by atoms with Crippen LogP contribution in [-0.4, -0.2) is 41.1 Å². The van der Waals surface area contributed by atoms with Crippen LogP contribution in [0.4, 0.5) is 5.69 Å². The molecule has 7 heteroatoms. The minimum Gasteiger partial charge on any atom is -0.481 e. The van der Waals surface area contributed by atoms with E-state index in [1.807, 2.05) is 0 Å². The first-order chi connectivity index (χ1) is 8.93. The minimum atomic E-state index is -1.10. The number of carbonyl (C=O) groups is 3. The standard InChI is InChI=1S/C12H14N2O5/c1-13-9(6-10(15)16)11(17)14-8-4-2-3-7(5-8)12(18)19/h2-5,9,13H,6H2,1H3,(H,14,17)(H,15,16)(H,18,19)/t9-/m0/s1. The molecule has 19 heavy (non-hydrogen) atoms. The number of hydrogen-bond acceptors (Lipinski definition) is 4. The van der Waals surface area contributed by atoms with Crippen molar-refractivity contribution in [3.63, 3.8) is 0 Å². The van der Waals surface area contributed by atoms with Crippen LogP contribution in [0.5, 0.6) is 0 Å². The van der Waals surface area contributed by atoms with Crippen LogP contribution in [0.25, 0.3) is 0 Å². The molecule has 0 unspecified atom stereocenters. The number of hydrogen-bond donors (Lipinski definition) is 4. The van der Waals surface area contributed by atoms with Crippen molar-refractivity contribution < 1.29 is 24.6 Å².